The van der Waals surface area contributed by atoms with Crippen molar-refractivity contribution >= 4 is 22.8 Å². The highest BCUT2D eigenvalue weighted by Crippen LogP contribution is 2.01. The summed E-state index contributed by atoms with van der Waals surface area (Å²) in [6, 6.07) is 0. The molecule has 0 bridgehead atoms. The van der Waals surface area contributed by atoms with Crippen LogP contribution >= 0.6 is 11.6 Å². The molecule has 0 aromatic rings. The molecule has 1 amide bonds. The Balaban J connectivity index is 3.68. The molecule has 0 radical (unpaired) electrons. The molecular formula is C8H14ClNO2. The van der Waals surface area contributed by atoms with E-state index in [0.29, 0.717) is 0 Å². The molecule has 1 N–H and O–H groups in total. The van der Waals surface area contributed by atoms with Crippen LogP contribution in [0.3, 0.4) is 0 Å². The van der Waals surface area contributed by atoms with Gasteiger partial charge in [0.05, 0.1) is 0 Å². The third kappa shape index (κ3) is 7.54. The maximum absolute atomic E-state index is 11.0. The molecule has 0 rings (SSSR count). The minimum absolute atomic E-state index is 0.101. The van der Waals surface area contributed by atoms with Crippen molar-refractivity contribution in [2.24, 2.45) is 0 Å². The van der Waals surface area contributed by atoms with Crippen molar-refractivity contribution < 1.29 is 9.59 Å². The molecule has 0 saturated heterocycles. The SMILES string of the molecule is CC(C)(C)NC(=O)CCC(=O)Cl. The number of carbonyl (C=O) groups excluding carboxylic acids is 2. The van der Waals surface area contributed by atoms with Gasteiger partial charge in [-0.15, -0.1) is 0 Å². The summed E-state index contributed by atoms with van der Waals surface area (Å²) in [4.78, 5) is 21.3. The zero-order chi connectivity index (χ0) is 9.78. The third-order valence-corrected chi connectivity index (χ3v) is 1.25. The molecule has 0 heterocycles. The van der Waals surface area contributed by atoms with Crippen molar-refractivity contribution in [1.82, 2.24) is 5.32 Å². The zero-order valence-corrected chi connectivity index (χ0v) is 8.36. The van der Waals surface area contributed by atoms with Crippen molar-refractivity contribution in [3.05, 3.63) is 0 Å². The number of halogens is 1. The van der Waals surface area contributed by atoms with E-state index < -0.39 is 5.24 Å². The van der Waals surface area contributed by atoms with E-state index in [1.54, 1.807) is 0 Å². The average molecular weight is 192 g/mol. The second-order valence-corrected chi connectivity index (χ2v) is 4.07. The molecule has 4 heteroatoms. The van der Waals surface area contributed by atoms with Gasteiger partial charge in [-0.05, 0) is 32.4 Å². The van der Waals surface area contributed by atoms with Crippen LogP contribution in [-0.2, 0) is 9.59 Å². The predicted octanol–water partition coefficient (Wildman–Crippen LogP) is 1.45. The molecule has 0 aromatic carbocycles. The van der Waals surface area contributed by atoms with Crippen LogP contribution in [0.25, 0.3) is 0 Å². The lowest BCUT2D eigenvalue weighted by Gasteiger charge is -2.20. The van der Waals surface area contributed by atoms with Gasteiger partial charge in [-0.25, -0.2) is 0 Å². The Morgan fingerprint density at radius 2 is 1.75 bits per heavy atom. The Labute approximate surface area is 77.5 Å². The predicted molar refractivity (Wildman–Crippen MR) is 48.0 cm³/mol. The quantitative estimate of drug-likeness (QED) is 0.687. The van der Waals surface area contributed by atoms with Gasteiger partial charge in [-0.2, -0.15) is 0 Å². The highest BCUT2D eigenvalue weighted by molar-refractivity contribution is 6.63. The molecule has 3 nitrogen and oxygen atoms in total. The van der Waals surface area contributed by atoms with Gasteiger partial charge in [0.15, 0.2) is 0 Å². The molecule has 0 unspecified atom stereocenters. The fraction of sp³-hybridized carbons (Fsp3) is 0.750. The van der Waals surface area contributed by atoms with E-state index in [1.165, 1.54) is 0 Å². The average Bonchev–Trinajstić information content (AvgIpc) is 1.79. The van der Waals surface area contributed by atoms with Crippen molar-refractivity contribution in [1.29, 1.82) is 0 Å². The molecule has 0 atom stereocenters. The van der Waals surface area contributed by atoms with Crippen molar-refractivity contribution in [2.75, 3.05) is 0 Å². The van der Waals surface area contributed by atoms with Crippen LogP contribution in [0, 0.1) is 0 Å². The Morgan fingerprint density at radius 3 is 2.08 bits per heavy atom. The first-order chi connectivity index (χ1) is 5.31. The molecule has 70 valence electrons. The summed E-state index contributed by atoms with van der Waals surface area (Å²) in [7, 11) is 0. The van der Waals surface area contributed by atoms with Crippen LogP contribution in [0.1, 0.15) is 33.6 Å². The van der Waals surface area contributed by atoms with Gasteiger partial charge < -0.3 is 5.32 Å². The number of hydrogen-bond donors (Lipinski definition) is 1. The molecule has 0 spiro atoms. The van der Waals surface area contributed by atoms with Gasteiger partial charge >= 0.3 is 0 Å². The summed E-state index contributed by atoms with van der Waals surface area (Å²) < 4.78 is 0. The molecule has 0 saturated carbocycles. The number of nitrogens with one attached hydrogen (secondary N) is 1. The lowest BCUT2D eigenvalue weighted by atomic mass is 10.1. The van der Waals surface area contributed by atoms with Gasteiger partial charge in [0, 0.05) is 18.4 Å². The van der Waals surface area contributed by atoms with Crippen molar-refractivity contribution in [2.45, 2.75) is 39.2 Å². The summed E-state index contributed by atoms with van der Waals surface area (Å²) in [5.41, 5.74) is -0.244. The number of hydrogen-bond acceptors (Lipinski definition) is 2. The topological polar surface area (TPSA) is 46.2 Å². The second-order valence-electron chi connectivity index (χ2n) is 3.65. The summed E-state index contributed by atoms with van der Waals surface area (Å²) in [6.07, 6.45) is 0.267. The van der Waals surface area contributed by atoms with Crippen molar-refractivity contribution in [3.8, 4) is 0 Å². The van der Waals surface area contributed by atoms with Crippen LogP contribution < -0.4 is 5.32 Å². The van der Waals surface area contributed by atoms with Crippen LogP contribution in [0.5, 0.6) is 0 Å². The fourth-order valence-corrected chi connectivity index (χ4v) is 0.787. The van der Waals surface area contributed by atoms with Gasteiger partial charge in [-0.1, -0.05) is 0 Å². The largest absolute Gasteiger partial charge is 0.351 e. The van der Waals surface area contributed by atoms with Gasteiger partial charge in [0.25, 0.3) is 0 Å². The van der Waals surface area contributed by atoms with E-state index in [9.17, 15) is 9.59 Å². The molecular weight excluding hydrogens is 178 g/mol. The van der Waals surface area contributed by atoms with Crippen molar-refractivity contribution in [3.63, 3.8) is 0 Å². The summed E-state index contributed by atoms with van der Waals surface area (Å²) in [6.45, 7) is 5.65. The monoisotopic (exact) mass is 191 g/mol. The summed E-state index contributed by atoms with van der Waals surface area (Å²) in [5, 5.41) is 2.25. The smallest absolute Gasteiger partial charge is 0.222 e. The van der Waals surface area contributed by atoms with E-state index in [2.05, 4.69) is 5.32 Å². The Kier molecular flexibility index (Phi) is 4.24. The minimum atomic E-state index is -0.473. The van der Waals surface area contributed by atoms with Crippen LogP contribution in [-0.4, -0.2) is 16.7 Å². The lowest BCUT2D eigenvalue weighted by Crippen LogP contribution is -2.40. The van der Waals surface area contributed by atoms with Crippen LogP contribution in [0.15, 0.2) is 0 Å². The lowest BCUT2D eigenvalue weighted by molar-refractivity contribution is -0.124. The van der Waals surface area contributed by atoms with E-state index in [1.807, 2.05) is 20.8 Å². The first-order valence-corrected chi connectivity index (χ1v) is 4.18. The molecule has 0 fully saturated rings. The normalized spacial score (nSPS) is 11.0. The van der Waals surface area contributed by atoms with Crippen LogP contribution in [0.4, 0.5) is 0 Å². The van der Waals surface area contributed by atoms with Gasteiger partial charge in [0.1, 0.15) is 0 Å². The summed E-state index contributed by atoms with van der Waals surface area (Å²) >= 11 is 5.07. The Morgan fingerprint density at radius 1 is 1.25 bits per heavy atom. The van der Waals surface area contributed by atoms with Crippen LogP contribution in [0.2, 0.25) is 0 Å². The molecule has 12 heavy (non-hydrogen) atoms. The summed E-state index contributed by atoms with van der Waals surface area (Å²) in [5.74, 6) is -0.142. The zero-order valence-electron chi connectivity index (χ0n) is 7.61. The van der Waals surface area contributed by atoms with Gasteiger partial charge in [0.2, 0.25) is 11.1 Å². The van der Waals surface area contributed by atoms with E-state index in [4.69, 9.17) is 11.6 Å². The maximum Gasteiger partial charge on any atom is 0.222 e. The first kappa shape index (κ1) is 11.4. The fourth-order valence-electron chi connectivity index (χ4n) is 0.693. The van der Waals surface area contributed by atoms with E-state index in [0.717, 1.165) is 0 Å². The molecule has 0 aliphatic heterocycles. The molecule has 0 aromatic heterocycles. The highest BCUT2D eigenvalue weighted by Gasteiger charge is 2.13. The Bertz CT molecular complexity index is 184. The van der Waals surface area contributed by atoms with E-state index in [-0.39, 0.29) is 24.3 Å². The van der Waals surface area contributed by atoms with E-state index >= 15 is 0 Å². The Hall–Kier alpha value is -0.570. The standard InChI is InChI=1S/C8H14ClNO2/c1-8(2,3)10-7(12)5-4-6(9)11/h4-5H2,1-3H3,(H,10,12). The third-order valence-electron chi connectivity index (χ3n) is 1.06. The number of rotatable bonds is 3. The number of carbonyl (C=O) groups is 2. The maximum atomic E-state index is 11.0. The minimum Gasteiger partial charge on any atom is -0.351 e. The highest BCUT2D eigenvalue weighted by atomic mass is 35.5. The second kappa shape index (κ2) is 4.45. The van der Waals surface area contributed by atoms with Gasteiger partial charge in [-0.3, -0.25) is 9.59 Å². The molecule has 0 aliphatic carbocycles. The number of amides is 1. The first-order valence-electron chi connectivity index (χ1n) is 3.80. The molecule has 0 aliphatic rings.